The second kappa shape index (κ2) is 5.85. The smallest absolute Gasteiger partial charge is 0.250 e. The minimum atomic E-state index is -0.515. The lowest BCUT2D eigenvalue weighted by molar-refractivity contribution is 0.100. The van der Waals surface area contributed by atoms with Gasteiger partial charge in [0.15, 0.2) is 0 Å². The third kappa shape index (κ3) is 3.14. The van der Waals surface area contributed by atoms with Crippen molar-refractivity contribution in [2.24, 2.45) is 5.73 Å². The van der Waals surface area contributed by atoms with E-state index < -0.39 is 5.91 Å². The van der Waals surface area contributed by atoms with E-state index >= 15 is 0 Å². The molecule has 1 unspecified atom stereocenters. The summed E-state index contributed by atoms with van der Waals surface area (Å²) in [5.41, 5.74) is 7.73. The van der Waals surface area contributed by atoms with Gasteiger partial charge in [-0.1, -0.05) is 11.6 Å². The minimum Gasteiger partial charge on any atom is -0.378 e. The van der Waals surface area contributed by atoms with Crippen molar-refractivity contribution in [1.82, 2.24) is 0 Å². The van der Waals surface area contributed by atoms with E-state index in [0.29, 0.717) is 10.6 Å². The molecule has 1 aromatic carbocycles. The van der Waals surface area contributed by atoms with Crippen molar-refractivity contribution in [1.29, 1.82) is 0 Å². The first-order chi connectivity index (χ1) is 9.38. The van der Waals surface area contributed by atoms with Gasteiger partial charge in [-0.25, -0.2) is 0 Å². The Morgan fingerprint density at radius 3 is 2.55 bits per heavy atom. The summed E-state index contributed by atoms with van der Waals surface area (Å²) in [5, 5.41) is 3.76. The van der Waals surface area contributed by atoms with Gasteiger partial charge < -0.3 is 11.1 Å². The van der Waals surface area contributed by atoms with E-state index in [1.165, 1.54) is 15.3 Å². The summed E-state index contributed by atoms with van der Waals surface area (Å²) in [7, 11) is 0. The third-order valence-electron chi connectivity index (χ3n) is 3.16. The minimum absolute atomic E-state index is 0.176. The number of primary amides is 1. The predicted molar refractivity (Wildman–Crippen MR) is 85.8 cm³/mol. The quantitative estimate of drug-likeness (QED) is 0.885. The van der Waals surface area contributed by atoms with Gasteiger partial charge in [0.05, 0.1) is 10.6 Å². The molecule has 0 fully saturated rings. The van der Waals surface area contributed by atoms with Crippen LogP contribution in [0.15, 0.2) is 24.3 Å². The molecule has 2 aromatic rings. The topological polar surface area (TPSA) is 55.1 Å². The van der Waals surface area contributed by atoms with E-state index in [4.69, 9.17) is 17.3 Å². The van der Waals surface area contributed by atoms with Gasteiger partial charge >= 0.3 is 0 Å². The molecule has 0 aliphatic carbocycles. The number of hydrogen-bond acceptors (Lipinski definition) is 3. The Morgan fingerprint density at radius 2 is 2.05 bits per heavy atom. The van der Waals surface area contributed by atoms with Gasteiger partial charge in [0.25, 0.3) is 0 Å². The van der Waals surface area contributed by atoms with Crippen molar-refractivity contribution in [3.05, 3.63) is 50.2 Å². The third-order valence-corrected chi connectivity index (χ3v) is 4.46. The summed E-state index contributed by atoms with van der Waals surface area (Å²) in [6, 6.07) is 7.56. The molecule has 0 radical (unpaired) electrons. The molecule has 0 spiro atoms. The Labute approximate surface area is 127 Å². The van der Waals surface area contributed by atoms with Crippen LogP contribution >= 0.6 is 22.9 Å². The van der Waals surface area contributed by atoms with Crippen LogP contribution < -0.4 is 11.1 Å². The molecule has 1 amide bonds. The van der Waals surface area contributed by atoms with Gasteiger partial charge in [-0.05, 0) is 50.6 Å². The first-order valence-electron chi connectivity index (χ1n) is 6.31. The summed E-state index contributed by atoms with van der Waals surface area (Å²) in [4.78, 5) is 13.7. The standard InChI is InChI=1S/C15H17ClN2OS/c1-8-6-13(10(3)20-8)9(2)18-11-4-5-12(15(17)19)14(16)7-11/h4-7,9,18H,1-3H3,(H2,17,19). The van der Waals surface area contributed by atoms with E-state index in [-0.39, 0.29) is 6.04 Å². The van der Waals surface area contributed by atoms with Gasteiger partial charge in [-0.15, -0.1) is 11.3 Å². The van der Waals surface area contributed by atoms with Crippen molar-refractivity contribution in [3.63, 3.8) is 0 Å². The van der Waals surface area contributed by atoms with Crippen LogP contribution in [0.2, 0.25) is 5.02 Å². The van der Waals surface area contributed by atoms with Crippen LogP contribution in [0.4, 0.5) is 5.69 Å². The van der Waals surface area contributed by atoms with Crippen LogP contribution in [-0.2, 0) is 0 Å². The van der Waals surface area contributed by atoms with Crippen molar-refractivity contribution in [2.45, 2.75) is 26.8 Å². The number of carbonyl (C=O) groups excluding carboxylic acids is 1. The van der Waals surface area contributed by atoms with Gasteiger partial charge in [0, 0.05) is 21.5 Å². The average molecular weight is 309 g/mol. The maximum atomic E-state index is 11.1. The van der Waals surface area contributed by atoms with E-state index in [2.05, 4.69) is 32.2 Å². The molecular formula is C15H17ClN2OS. The Kier molecular flexibility index (Phi) is 4.35. The highest BCUT2D eigenvalue weighted by molar-refractivity contribution is 7.12. The molecule has 20 heavy (non-hydrogen) atoms. The average Bonchev–Trinajstić information content (AvgIpc) is 2.68. The van der Waals surface area contributed by atoms with E-state index in [1.54, 1.807) is 23.5 Å². The molecule has 3 N–H and O–H groups in total. The van der Waals surface area contributed by atoms with E-state index in [9.17, 15) is 4.79 Å². The number of thiophene rings is 1. The zero-order valence-electron chi connectivity index (χ0n) is 11.7. The summed E-state index contributed by atoms with van der Waals surface area (Å²) >= 11 is 7.84. The Hall–Kier alpha value is -1.52. The fourth-order valence-electron chi connectivity index (χ4n) is 2.21. The molecule has 1 heterocycles. The SMILES string of the molecule is Cc1cc(C(C)Nc2ccc(C(N)=O)c(Cl)c2)c(C)s1. The number of aryl methyl sites for hydroxylation is 2. The number of carbonyl (C=O) groups is 1. The molecule has 0 aliphatic heterocycles. The van der Waals surface area contributed by atoms with E-state index in [1.807, 2.05) is 6.07 Å². The number of nitrogens with one attached hydrogen (secondary N) is 1. The van der Waals surface area contributed by atoms with Crippen molar-refractivity contribution >= 4 is 34.5 Å². The number of rotatable bonds is 4. The van der Waals surface area contributed by atoms with Gasteiger partial charge in [0.1, 0.15) is 0 Å². The predicted octanol–water partition coefficient (Wildman–Crippen LogP) is 4.29. The molecule has 106 valence electrons. The molecular weight excluding hydrogens is 292 g/mol. The monoisotopic (exact) mass is 308 g/mol. The number of halogens is 1. The summed E-state index contributed by atoms with van der Waals surface area (Å²) in [6.07, 6.45) is 0. The lowest BCUT2D eigenvalue weighted by atomic mass is 10.1. The number of amides is 1. The van der Waals surface area contributed by atoms with Crippen molar-refractivity contribution < 1.29 is 4.79 Å². The number of anilines is 1. The fraction of sp³-hybridized carbons (Fsp3) is 0.267. The zero-order chi connectivity index (χ0) is 14.9. The maximum Gasteiger partial charge on any atom is 0.250 e. The second-order valence-corrected chi connectivity index (χ2v) is 6.66. The molecule has 3 nitrogen and oxygen atoms in total. The molecule has 1 aromatic heterocycles. The van der Waals surface area contributed by atoms with Crippen LogP contribution in [0, 0.1) is 13.8 Å². The van der Waals surface area contributed by atoms with Crippen LogP contribution in [-0.4, -0.2) is 5.91 Å². The molecule has 5 heteroatoms. The van der Waals surface area contributed by atoms with Crippen molar-refractivity contribution in [2.75, 3.05) is 5.32 Å². The van der Waals surface area contributed by atoms with Crippen molar-refractivity contribution in [3.8, 4) is 0 Å². The lowest BCUT2D eigenvalue weighted by Gasteiger charge is -2.16. The molecule has 1 atom stereocenters. The number of nitrogens with two attached hydrogens (primary N) is 1. The second-order valence-electron chi connectivity index (χ2n) is 4.79. The lowest BCUT2D eigenvalue weighted by Crippen LogP contribution is -2.12. The number of benzene rings is 1. The highest BCUT2D eigenvalue weighted by atomic mass is 35.5. The molecule has 0 bridgehead atoms. The highest BCUT2D eigenvalue weighted by Gasteiger charge is 2.12. The van der Waals surface area contributed by atoms with Gasteiger partial charge in [-0.2, -0.15) is 0 Å². The summed E-state index contributed by atoms with van der Waals surface area (Å²) < 4.78 is 0. The Bertz CT molecular complexity index is 651. The van der Waals surface area contributed by atoms with Crippen LogP contribution in [0.25, 0.3) is 0 Å². The van der Waals surface area contributed by atoms with Gasteiger partial charge in [-0.3, -0.25) is 4.79 Å². The van der Waals surface area contributed by atoms with E-state index in [0.717, 1.165) is 5.69 Å². The summed E-state index contributed by atoms with van der Waals surface area (Å²) in [6.45, 7) is 6.32. The zero-order valence-corrected chi connectivity index (χ0v) is 13.2. The first-order valence-corrected chi connectivity index (χ1v) is 7.50. The molecule has 0 saturated heterocycles. The number of hydrogen-bond donors (Lipinski definition) is 2. The Balaban J connectivity index is 2.20. The normalized spacial score (nSPS) is 12.2. The maximum absolute atomic E-state index is 11.1. The first kappa shape index (κ1) is 14.9. The molecule has 0 saturated carbocycles. The van der Waals surface area contributed by atoms with Crippen LogP contribution in [0.1, 0.15) is 38.6 Å². The molecule has 0 aliphatic rings. The summed E-state index contributed by atoms with van der Waals surface area (Å²) in [5.74, 6) is -0.515. The Morgan fingerprint density at radius 1 is 1.35 bits per heavy atom. The van der Waals surface area contributed by atoms with Crippen LogP contribution in [0.5, 0.6) is 0 Å². The van der Waals surface area contributed by atoms with Gasteiger partial charge in [0.2, 0.25) is 5.91 Å². The van der Waals surface area contributed by atoms with Crippen LogP contribution in [0.3, 0.4) is 0 Å². The highest BCUT2D eigenvalue weighted by Crippen LogP contribution is 2.29. The largest absolute Gasteiger partial charge is 0.378 e. The fourth-order valence-corrected chi connectivity index (χ4v) is 3.51. The molecule has 2 rings (SSSR count).